The zero-order valence-electron chi connectivity index (χ0n) is 8.73. The van der Waals surface area contributed by atoms with Crippen molar-refractivity contribution in [2.45, 2.75) is 25.6 Å². The third-order valence-electron chi connectivity index (χ3n) is 3.20. The highest BCUT2D eigenvalue weighted by molar-refractivity contribution is 6.21. The van der Waals surface area contributed by atoms with E-state index in [2.05, 4.69) is 13.8 Å². The minimum absolute atomic E-state index is 0.188. The van der Waals surface area contributed by atoms with Crippen molar-refractivity contribution in [2.75, 3.05) is 0 Å². The predicted octanol–water partition coefficient (Wildman–Crippen LogP) is 4.29. The van der Waals surface area contributed by atoms with Gasteiger partial charge in [0, 0.05) is 11.6 Å². The molecule has 2 atom stereocenters. The summed E-state index contributed by atoms with van der Waals surface area (Å²) in [4.78, 5) is 0. The van der Waals surface area contributed by atoms with Gasteiger partial charge in [-0.15, -0.1) is 11.6 Å². The van der Waals surface area contributed by atoms with Gasteiger partial charge in [0.25, 0.3) is 0 Å². The second-order valence-corrected chi connectivity index (χ2v) is 5.34. The summed E-state index contributed by atoms with van der Waals surface area (Å²) in [7, 11) is 0. The van der Waals surface area contributed by atoms with Crippen LogP contribution in [0.5, 0.6) is 0 Å². The van der Waals surface area contributed by atoms with E-state index in [-0.39, 0.29) is 10.8 Å². The first kappa shape index (κ1) is 10.9. The molecule has 0 nitrogen and oxygen atoms in total. The molecular weight excluding hydrogens is 218 g/mol. The molecule has 0 bridgehead atoms. The van der Waals surface area contributed by atoms with Crippen molar-refractivity contribution in [2.24, 2.45) is 11.3 Å². The van der Waals surface area contributed by atoms with Crippen LogP contribution in [0.1, 0.15) is 31.2 Å². The highest BCUT2D eigenvalue weighted by Crippen LogP contribution is 2.60. The highest BCUT2D eigenvalue weighted by atomic mass is 35.5. The Balaban J connectivity index is 2.23. The maximum absolute atomic E-state index is 13.4. The van der Waals surface area contributed by atoms with E-state index in [1.54, 1.807) is 0 Å². The van der Waals surface area contributed by atoms with Crippen LogP contribution in [-0.4, -0.2) is 0 Å². The van der Waals surface area contributed by atoms with Crippen LogP contribution in [0, 0.1) is 23.0 Å². The fourth-order valence-corrected chi connectivity index (χ4v) is 2.56. The Bertz CT molecular complexity index is 387. The van der Waals surface area contributed by atoms with Crippen molar-refractivity contribution in [3.05, 3.63) is 35.4 Å². The lowest BCUT2D eigenvalue weighted by Gasteiger charge is -2.12. The molecule has 82 valence electrons. The van der Waals surface area contributed by atoms with Crippen molar-refractivity contribution in [3.8, 4) is 0 Å². The van der Waals surface area contributed by atoms with Gasteiger partial charge in [0.1, 0.15) is 11.6 Å². The maximum atomic E-state index is 13.4. The molecule has 0 radical (unpaired) electrons. The molecule has 0 saturated heterocycles. The molecule has 0 aromatic heterocycles. The molecule has 15 heavy (non-hydrogen) atoms. The summed E-state index contributed by atoms with van der Waals surface area (Å²) in [5, 5.41) is -0.347. The molecule has 1 fully saturated rings. The number of alkyl halides is 1. The third-order valence-corrected chi connectivity index (χ3v) is 3.74. The predicted molar refractivity (Wildman–Crippen MR) is 56.8 cm³/mol. The monoisotopic (exact) mass is 230 g/mol. The smallest absolute Gasteiger partial charge is 0.130 e. The Morgan fingerprint density at radius 2 is 2.00 bits per heavy atom. The lowest BCUT2D eigenvalue weighted by atomic mass is 10.0. The topological polar surface area (TPSA) is 0 Å². The largest absolute Gasteiger partial charge is 0.207 e. The molecule has 1 saturated carbocycles. The fraction of sp³-hybridized carbons (Fsp3) is 0.500. The zero-order valence-corrected chi connectivity index (χ0v) is 9.48. The van der Waals surface area contributed by atoms with Crippen LogP contribution in [0.3, 0.4) is 0 Å². The number of halogens is 3. The summed E-state index contributed by atoms with van der Waals surface area (Å²) in [5.74, 6) is -0.813. The summed E-state index contributed by atoms with van der Waals surface area (Å²) in [5.41, 5.74) is 0.599. The van der Waals surface area contributed by atoms with Gasteiger partial charge >= 0.3 is 0 Å². The van der Waals surface area contributed by atoms with Crippen LogP contribution >= 0.6 is 11.6 Å². The van der Waals surface area contributed by atoms with Crippen molar-refractivity contribution in [3.63, 3.8) is 0 Å². The Hall–Kier alpha value is -0.630. The van der Waals surface area contributed by atoms with Gasteiger partial charge in [-0.05, 0) is 23.8 Å². The average molecular weight is 231 g/mol. The molecule has 1 aliphatic rings. The van der Waals surface area contributed by atoms with Gasteiger partial charge in [-0.2, -0.15) is 0 Å². The molecule has 0 heterocycles. The van der Waals surface area contributed by atoms with Gasteiger partial charge in [0.2, 0.25) is 0 Å². The first-order chi connectivity index (χ1) is 6.92. The lowest BCUT2D eigenvalue weighted by molar-refractivity contribution is 0.524. The molecule has 2 unspecified atom stereocenters. The number of hydrogen-bond donors (Lipinski definition) is 0. The van der Waals surface area contributed by atoms with Crippen LogP contribution in [0.4, 0.5) is 8.78 Å². The van der Waals surface area contributed by atoms with Crippen molar-refractivity contribution in [1.29, 1.82) is 0 Å². The molecule has 0 amide bonds. The second-order valence-electron chi connectivity index (χ2n) is 4.87. The molecule has 1 aromatic carbocycles. The summed E-state index contributed by atoms with van der Waals surface area (Å²) < 4.78 is 26.1. The van der Waals surface area contributed by atoms with Crippen LogP contribution in [-0.2, 0) is 0 Å². The number of rotatable bonds is 2. The van der Waals surface area contributed by atoms with E-state index in [4.69, 9.17) is 11.6 Å². The molecule has 0 N–H and O–H groups in total. The quantitative estimate of drug-likeness (QED) is 0.665. The van der Waals surface area contributed by atoms with Gasteiger partial charge in [0.05, 0.1) is 5.38 Å². The van der Waals surface area contributed by atoms with Crippen LogP contribution in [0.25, 0.3) is 0 Å². The van der Waals surface area contributed by atoms with E-state index in [1.165, 1.54) is 12.1 Å². The van der Waals surface area contributed by atoms with Gasteiger partial charge in [-0.1, -0.05) is 19.9 Å². The zero-order chi connectivity index (χ0) is 11.2. The Kier molecular flexibility index (Phi) is 2.50. The minimum Gasteiger partial charge on any atom is -0.207 e. The van der Waals surface area contributed by atoms with E-state index in [9.17, 15) is 8.78 Å². The molecule has 0 spiro atoms. The maximum Gasteiger partial charge on any atom is 0.130 e. The number of benzene rings is 1. The van der Waals surface area contributed by atoms with Crippen LogP contribution in [0.2, 0.25) is 0 Å². The Labute approximate surface area is 93.2 Å². The lowest BCUT2D eigenvalue weighted by Crippen LogP contribution is -2.02. The summed E-state index contributed by atoms with van der Waals surface area (Å²) in [6.45, 7) is 4.21. The molecule has 1 aliphatic carbocycles. The molecule has 3 heteroatoms. The van der Waals surface area contributed by atoms with Gasteiger partial charge in [-0.3, -0.25) is 0 Å². The van der Waals surface area contributed by atoms with E-state index < -0.39 is 11.6 Å². The van der Waals surface area contributed by atoms with Crippen molar-refractivity contribution in [1.82, 2.24) is 0 Å². The first-order valence-electron chi connectivity index (χ1n) is 5.01. The van der Waals surface area contributed by atoms with E-state index in [1.807, 2.05) is 0 Å². The molecule has 2 rings (SSSR count). The normalized spacial score (nSPS) is 25.0. The first-order valence-corrected chi connectivity index (χ1v) is 5.44. The van der Waals surface area contributed by atoms with Gasteiger partial charge in [-0.25, -0.2) is 8.78 Å². The van der Waals surface area contributed by atoms with Crippen LogP contribution in [0.15, 0.2) is 18.2 Å². The molecule has 0 aliphatic heterocycles. The SMILES string of the molecule is CC1(C)CC1C(Cl)c1ccc(F)cc1F. The van der Waals surface area contributed by atoms with Crippen molar-refractivity contribution < 1.29 is 8.78 Å². The third kappa shape index (κ3) is 2.00. The van der Waals surface area contributed by atoms with Gasteiger partial charge in [0.15, 0.2) is 0 Å². The fourth-order valence-electron chi connectivity index (χ4n) is 1.95. The minimum atomic E-state index is -0.560. The Morgan fingerprint density at radius 1 is 1.40 bits per heavy atom. The number of hydrogen-bond acceptors (Lipinski definition) is 0. The average Bonchev–Trinajstić information content (AvgIpc) is 2.74. The standard InChI is InChI=1S/C12H13ClF2/c1-12(2)6-9(12)11(13)8-4-3-7(14)5-10(8)15/h3-5,9,11H,6H2,1-2H3. The Morgan fingerprint density at radius 3 is 2.47 bits per heavy atom. The summed E-state index contributed by atoms with van der Waals surface area (Å²) in [6, 6.07) is 3.58. The highest BCUT2D eigenvalue weighted by Gasteiger charge is 2.50. The summed E-state index contributed by atoms with van der Waals surface area (Å²) in [6.07, 6.45) is 0.998. The van der Waals surface area contributed by atoms with E-state index >= 15 is 0 Å². The second kappa shape index (κ2) is 3.44. The van der Waals surface area contributed by atoms with E-state index in [0.29, 0.717) is 11.5 Å². The van der Waals surface area contributed by atoms with E-state index in [0.717, 1.165) is 12.5 Å². The summed E-state index contributed by atoms with van der Waals surface area (Å²) >= 11 is 6.18. The molecule has 1 aromatic rings. The van der Waals surface area contributed by atoms with Gasteiger partial charge < -0.3 is 0 Å². The van der Waals surface area contributed by atoms with Crippen molar-refractivity contribution >= 4 is 11.6 Å². The van der Waals surface area contributed by atoms with Crippen LogP contribution < -0.4 is 0 Å². The molecular formula is C12H13ClF2.